The minimum absolute atomic E-state index is 0.620. The lowest BCUT2D eigenvalue weighted by Crippen LogP contribution is -1.98. The summed E-state index contributed by atoms with van der Waals surface area (Å²) >= 11 is 0. The summed E-state index contributed by atoms with van der Waals surface area (Å²) in [6.07, 6.45) is 0.994. The fourth-order valence-electron chi connectivity index (χ4n) is 1.86. The van der Waals surface area contributed by atoms with Gasteiger partial charge < -0.3 is 4.74 Å². The van der Waals surface area contributed by atoms with E-state index in [4.69, 9.17) is 4.74 Å². The molecule has 0 atom stereocenters. The van der Waals surface area contributed by atoms with Crippen molar-refractivity contribution in [2.75, 3.05) is 0 Å². The van der Waals surface area contributed by atoms with Crippen molar-refractivity contribution in [2.24, 2.45) is 0 Å². The molecule has 0 aliphatic heterocycles. The molecule has 17 heavy (non-hydrogen) atoms. The third kappa shape index (κ3) is 2.88. The maximum absolute atomic E-state index is 5.85. The van der Waals surface area contributed by atoms with Gasteiger partial charge in [0.1, 0.15) is 12.4 Å². The molecular formula is C16H17O. The van der Waals surface area contributed by atoms with Crippen LogP contribution in [0, 0.1) is 13.0 Å². The van der Waals surface area contributed by atoms with Gasteiger partial charge in [-0.05, 0) is 42.2 Å². The van der Waals surface area contributed by atoms with Crippen molar-refractivity contribution in [3.05, 3.63) is 65.2 Å². The van der Waals surface area contributed by atoms with Crippen LogP contribution >= 0.6 is 0 Å². The van der Waals surface area contributed by atoms with Crippen LogP contribution in [0.15, 0.2) is 42.5 Å². The number of rotatable bonds is 4. The molecule has 1 heteroatoms. The molecule has 0 unspecified atom stereocenters. The molecule has 87 valence electrons. The summed E-state index contributed by atoms with van der Waals surface area (Å²) in [6.45, 7) is 4.85. The maximum Gasteiger partial charge on any atom is 0.123 e. The first-order valence-electron chi connectivity index (χ1n) is 5.98. The SMILES string of the molecule is CCc1[c]ccc(OCc2ccccc2)c1C. The lowest BCUT2D eigenvalue weighted by molar-refractivity contribution is 0.303. The number of benzene rings is 2. The average Bonchev–Trinajstić information content (AvgIpc) is 2.39. The van der Waals surface area contributed by atoms with Gasteiger partial charge in [-0.1, -0.05) is 43.3 Å². The van der Waals surface area contributed by atoms with Crippen LogP contribution in [-0.2, 0) is 13.0 Å². The van der Waals surface area contributed by atoms with Gasteiger partial charge in [0.05, 0.1) is 0 Å². The molecule has 0 fully saturated rings. The van der Waals surface area contributed by atoms with Crippen LogP contribution < -0.4 is 4.74 Å². The zero-order valence-electron chi connectivity index (χ0n) is 10.4. The normalized spacial score (nSPS) is 10.2. The molecule has 0 heterocycles. The summed E-state index contributed by atoms with van der Waals surface area (Å²) < 4.78 is 5.85. The summed E-state index contributed by atoms with van der Waals surface area (Å²) in [5.74, 6) is 0.962. The van der Waals surface area contributed by atoms with Crippen LogP contribution in [0.2, 0.25) is 0 Å². The van der Waals surface area contributed by atoms with E-state index in [9.17, 15) is 0 Å². The van der Waals surface area contributed by atoms with Crippen molar-refractivity contribution in [1.82, 2.24) is 0 Å². The molecule has 0 N–H and O–H groups in total. The van der Waals surface area contributed by atoms with E-state index in [1.54, 1.807) is 0 Å². The van der Waals surface area contributed by atoms with Crippen molar-refractivity contribution < 1.29 is 4.74 Å². The molecule has 0 aliphatic carbocycles. The Morgan fingerprint density at radius 3 is 2.59 bits per heavy atom. The molecule has 2 aromatic carbocycles. The zero-order chi connectivity index (χ0) is 12.1. The first-order chi connectivity index (χ1) is 8.31. The molecule has 0 amide bonds. The molecule has 0 bridgehead atoms. The molecule has 0 saturated heterocycles. The summed E-state index contributed by atoms with van der Waals surface area (Å²) in [4.78, 5) is 0. The molecule has 0 aliphatic rings. The van der Waals surface area contributed by atoms with Gasteiger partial charge in [-0.15, -0.1) is 0 Å². The van der Waals surface area contributed by atoms with Crippen molar-refractivity contribution in [3.63, 3.8) is 0 Å². The number of ether oxygens (including phenoxy) is 1. The quantitative estimate of drug-likeness (QED) is 0.766. The standard InChI is InChI=1S/C16H17O/c1-3-15-10-7-11-16(13(15)2)17-12-14-8-5-4-6-9-14/h4-9,11H,3,12H2,1-2H3. The van der Waals surface area contributed by atoms with Crippen LogP contribution in [0.5, 0.6) is 5.75 Å². The Balaban J connectivity index is 2.09. The van der Waals surface area contributed by atoms with E-state index < -0.39 is 0 Å². The fourth-order valence-corrected chi connectivity index (χ4v) is 1.86. The van der Waals surface area contributed by atoms with Gasteiger partial charge in [0.25, 0.3) is 0 Å². The lowest BCUT2D eigenvalue weighted by atomic mass is 10.1. The Labute approximate surface area is 103 Å². The van der Waals surface area contributed by atoms with Crippen LogP contribution in [0.4, 0.5) is 0 Å². The third-order valence-electron chi connectivity index (χ3n) is 2.91. The zero-order valence-corrected chi connectivity index (χ0v) is 10.4. The predicted molar refractivity (Wildman–Crippen MR) is 70.2 cm³/mol. The Kier molecular flexibility index (Phi) is 3.81. The Morgan fingerprint density at radius 1 is 1.12 bits per heavy atom. The van der Waals surface area contributed by atoms with Crippen molar-refractivity contribution in [2.45, 2.75) is 26.9 Å². The van der Waals surface area contributed by atoms with Crippen LogP contribution in [0.3, 0.4) is 0 Å². The molecule has 0 spiro atoms. The van der Waals surface area contributed by atoms with Gasteiger partial charge in [0.2, 0.25) is 0 Å². The van der Waals surface area contributed by atoms with Gasteiger partial charge >= 0.3 is 0 Å². The molecule has 1 nitrogen and oxygen atoms in total. The van der Waals surface area contributed by atoms with Gasteiger partial charge in [-0.3, -0.25) is 0 Å². The summed E-state index contributed by atoms with van der Waals surface area (Å²) in [6, 6.07) is 17.4. The second kappa shape index (κ2) is 5.53. The first kappa shape index (κ1) is 11.7. The largest absolute Gasteiger partial charge is 0.489 e. The summed E-state index contributed by atoms with van der Waals surface area (Å²) in [7, 11) is 0. The Bertz CT molecular complexity index is 474. The second-order valence-electron chi connectivity index (χ2n) is 4.07. The van der Waals surface area contributed by atoms with E-state index in [0.717, 1.165) is 12.2 Å². The van der Waals surface area contributed by atoms with E-state index in [1.807, 2.05) is 30.3 Å². The molecule has 0 saturated carbocycles. The first-order valence-corrected chi connectivity index (χ1v) is 5.98. The van der Waals surface area contributed by atoms with E-state index in [0.29, 0.717) is 6.61 Å². The van der Waals surface area contributed by atoms with Gasteiger partial charge in [0.15, 0.2) is 0 Å². The minimum atomic E-state index is 0.620. The molecule has 0 aromatic heterocycles. The van der Waals surface area contributed by atoms with Crippen molar-refractivity contribution in [1.29, 1.82) is 0 Å². The average molecular weight is 225 g/mol. The third-order valence-corrected chi connectivity index (χ3v) is 2.91. The molecule has 2 rings (SSSR count). The van der Waals surface area contributed by atoms with Crippen LogP contribution in [-0.4, -0.2) is 0 Å². The highest BCUT2D eigenvalue weighted by molar-refractivity contribution is 5.38. The lowest BCUT2D eigenvalue weighted by Gasteiger charge is -2.11. The highest BCUT2D eigenvalue weighted by Gasteiger charge is 2.03. The van der Waals surface area contributed by atoms with Crippen molar-refractivity contribution in [3.8, 4) is 5.75 Å². The van der Waals surface area contributed by atoms with E-state index in [2.05, 4.69) is 32.0 Å². The molecular weight excluding hydrogens is 208 g/mol. The number of hydrogen-bond donors (Lipinski definition) is 0. The van der Waals surface area contributed by atoms with E-state index >= 15 is 0 Å². The fraction of sp³-hybridized carbons (Fsp3) is 0.250. The van der Waals surface area contributed by atoms with Gasteiger partial charge in [0, 0.05) is 0 Å². The van der Waals surface area contributed by atoms with Crippen LogP contribution in [0.25, 0.3) is 0 Å². The number of hydrogen-bond acceptors (Lipinski definition) is 1. The van der Waals surface area contributed by atoms with Crippen LogP contribution in [0.1, 0.15) is 23.6 Å². The van der Waals surface area contributed by atoms with E-state index in [-0.39, 0.29) is 0 Å². The minimum Gasteiger partial charge on any atom is -0.489 e. The topological polar surface area (TPSA) is 9.23 Å². The predicted octanol–water partition coefficient (Wildman–Crippen LogP) is 3.94. The summed E-state index contributed by atoms with van der Waals surface area (Å²) in [5, 5.41) is 0. The highest BCUT2D eigenvalue weighted by atomic mass is 16.5. The maximum atomic E-state index is 5.85. The highest BCUT2D eigenvalue weighted by Crippen LogP contribution is 2.22. The monoisotopic (exact) mass is 225 g/mol. The van der Waals surface area contributed by atoms with Crippen molar-refractivity contribution >= 4 is 0 Å². The Hall–Kier alpha value is -1.76. The van der Waals surface area contributed by atoms with Gasteiger partial charge in [-0.25, -0.2) is 0 Å². The smallest absolute Gasteiger partial charge is 0.123 e. The molecule has 1 radical (unpaired) electrons. The van der Waals surface area contributed by atoms with Gasteiger partial charge in [-0.2, -0.15) is 0 Å². The van der Waals surface area contributed by atoms with E-state index in [1.165, 1.54) is 16.7 Å². The second-order valence-corrected chi connectivity index (χ2v) is 4.07. The number of aryl methyl sites for hydroxylation is 1. The Morgan fingerprint density at radius 2 is 1.88 bits per heavy atom. The summed E-state index contributed by atoms with van der Waals surface area (Å²) in [5.41, 5.74) is 3.62. The molecule has 2 aromatic rings.